The largest absolute Gasteiger partial charge is 0.356 e. The molecule has 0 radical (unpaired) electrons. The molecule has 0 unspecified atom stereocenters. The van der Waals surface area contributed by atoms with Crippen molar-refractivity contribution in [1.29, 1.82) is 0 Å². The maximum absolute atomic E-state index is 12.4. The minimum atomic E-state index is -0.153. The molecular formula is C21H17N3O. The Hall–Kier alpha value is -3.53. The van der Waals surface area contributed by atoms with Crippen molar-refractivity contribution in [3.8, 4) is 0 Å². The van der Waals surface area contributed by atoms with Crippen LogP contribution in [0.5, 0.6) is 0 Å². The van der Waals surface area contributed by atoms with Crippen LogP contribution in [0.4, 0.5) is 17.1 Å². The molecule has 1 aromatic heterocycles. The molecule has 3 aromatic carbocycles. The van der Waals surface area contributed by atoms with Crippen molar-refractivity contribution in [3.05, 3.63) is 90.6 Å². The van der Waals surface area contributed by atoms with E-state index in [2.05, 4.69) is 15.6 Å². The zero-order valence-electron chi connectivity index (χ0n) is 13.5. The normalized spacial score (nSPS) is 10.6. The lowest BCUT2D eigenvalue weighted by molar-refractivity contribution is 0.102. The summed E-state index contributed by atoms with van der Waals surface area (Å²) in [7, 11) is 0. The minimum Gasteiger partial charge on any atom is -0.356 e. The van der Waals surface area contributed by atoms with Gasteiger partial charge in [0, 0.05) is 28.0 Å². The molecule has 0 saturated heterocycles. The molecule has 0 atom stereocenters. The Bertz CT molecular complexity index is 971. The average molecular weight is 327 g/mol. The van der Waals surface area contributed by atoms with Crippen molar-refractivity contribution < 1.29 is 4.79 Å². The second kappa shape index (κ2) is 6.53. The van der Waals surface area contributed by atoms with Crippen molar-refractivity contribution >= 4 is 33.9 Å². The van der Waals surface area contributed by atoms with Crippen molar-refractivity contribution in [3.63, 3.8) is 0 Å². The Morgan fingerprint density at radius 3 is 2.12 bits per heavy atom. The van der Waals surface area contributed by atoms with E-state index in [1.807, 2.05) is 84.9 Å². The van der Waals surface area contributed by atoms with Crippen LogP contribution in [0.3, 0.4) is 0 Å². The minimum absolute atomic E-state index is 0.153. The first-order valence-electron chi connectivity index (χ1n) is 8.09. The number of anilines is 3. The molecule has 0 aliphatic carbocycles. The highest BCUT2D eigenvalue weighted by atomic mass is 16.1. The molecule has 4 nitrogen and oxygen atoms in total. The van der Waals surface area contributed by atoms with Crippen LogP contribution in [-0.2, 0) is 0 Å². The molecule has 0 bridgehead atoms. The number of carbonyl (C=O) groups excluding carboxylic acids is 1. The van der Waals surface area contributed by atoms with E-state index in [1.165, 1.54) is 0 Å². The molecule has 4 aromatic rings. The van der Waals surface area contributed by atoms with Crippen LogP contribution in [0.15, 0.2) is 84.9 Å². The van der Waals surface area contributed by atoms with Crippen molar-refractivity contribution in [1.82, 2.24) is 4.98 Å². The number of amides is 1. The third-order valence-corrected chi connectivity index (χ3v) is 3.98. The molecule has 3 N–H and O–H groups in total. The molecule has 1 heterocycles. The number of aromatic amines is 1. The fourth-order valence-electron chi connectivity index (χ4n) is 2.72. The van der Waals surface area contributed by atoms with E-state index >= 15 is 0 Å². The number of H-pyrrole nitrogens is 1. The summed E-state index contributed by atoms with van der Waals surface area (Å²) in [4.78, 5) is 15.5. The lowest BCUT2D eigenvalue weighted by Crippen LogP contribution is -2.12. The molecule has 0 aliphatic rings. The summed E-state index contributed by atoms with van der Waals surface area (Å²) in [6.07, 6.45) is 0. The number of hydrogen-bond donors (Lipinski definition) is 3. The second-order valence-corrected chi connectivity index (χ2v) is 5.79. The van der Waals surface area contributed by atoms with E-state index in [-0.39, 0.29) is 5.91 Å². The molecular weight excluding hydrogens is 310 g/mol. The smallest absolute Gasteiger partial charge is 0.272 e. The van der Waals surface area contributed by atoms with Gasteiger partial charge in [-0.2, -0.15) is 0 Å². The third-order valence-electron chi connectivity index (χ3n) is 3.98. The molecule has 1 amide bonds. The first kappa shape index (κ1) is 15.0. The van der Waals surface area contributed by atoms with E-state index in [9.17, 15) is 4.79 Å². The van der Waals surface area contributed by atoms with E-state index in [0.29, 0.717) is 5.69 Å². The van der Waals surface area contributed by atoms with Crippen LogP contribution < -0.4 is 10.6 Å². The SMILES string of the molecule is O=C(Nc1ccc(Nc2ccccc2)cc1)c1cc2ccccc2[nH]1. The number of para-hydroxylation sites is 2. The first-order valence-corrected chi connectivity index (χ1v) is 8.09. The van der Waals surface area contributed by atoms with Crippen LogP contribution in [0.2, 0.25) is 0 Å². The fraction of sp³-hybridized carbons (Fsp3) is 0. The highest BCUT2D eigenvalue weighted by molar-refractivity contribution is 6.06. The summed E-state index contributed by atoms with van der Waals surface area (Å²) >= 11 is 0. The third kappa shape index (κ3) is 3.38. The van der Waals surface area contributed by atoms with Gasteiger partial charge in [-0.3, -0.25) is 4.79 Å². The van der Waals surface area contributed by atoms with Gasteiger partial charge in [0.2, 0.25) is 0 Å². The van der Waals surface area contributed by atoms with Gasteiger partial charge in [0.05, 0.1) is 0 Å². The standard InChI is InChI=1S/C21H17N3O/c25-21(20-14-15-6-4-5-9-19(15)24-20)23-18-12-10-17(11-13-18)22-16-7-2-1-3-8-16/h1-14,22,24H,(H,23,25). The number of benzene rings is 3. The quantitative estimate of drug-likeness (QED) is 0.485. The number of fused-ring (bicyclic) bond motifs is 1. The van der Waals surface area contributed by atoms with Crippen LogP contribution in [0.1, 0.15) is 10.5 Å². The number of rotatable bonds is 4. The summed E-state index contributed by atoms with van der Waals surface area (Å²) < 4.78 is 0. The van der Waals surface area contributed by atoms with Gasteiger partial charge >= 0.3 is 0 Å². The van der Waals surface area contributed by atoms with Gasteiger partial charge < -0.3 is 15.6 Å². The maximum atomic E-state index is 12.4. The van der Waals surface area contributed by atoms with Crippen LogP contribution >= 0.6 is 0 Å². The van der Waals surface area contributed by atoms with Gasteiger partial charge in [0.15, 0.2) is 0 Å². The molecule has 4 heteroatoms. The van der Waals surface area contributed by atoms with Gasteiger partial charge in [0.25, 0.3) is 5.91 Å². The summed E-state index contributed by atoms with van der Waals surface area (Å²) in [5.74, 6) is -0.153. The summed E-state index contributed by atoms with van der Waals surface area (Å²) in [6.45, 7) is 0. The lowest BCUT2D eigenvalue weighted by atomic mass is 10.2. The Morgan fingerprint density at radius 1 is 0.720 bits per heavy atom. The lowest BCUT2D eigenvalue weighted by Gasteiger charge is -2.08. The summed E-state index contributed by atoms with van der Waals surface area (Å²) in [5, 5.41) is 7.25. The molecule has 25 heavy (non-hydrogen) atoms. The first-order chi connectivity index (χ1) is 12.3. The van der Waals surface area contributed by atoms with E-state index < -0.39 is 0 Å². The number of nitrogens with one attached hydrogen (secondary N) is 3. The summed E-state index contributed by atoms with van der Waals surface area (Å²) in [5.41, 5.74) is 4.25. The second-order valence-electron chi connectivity index (χ2n) is 5.79. The Labute approximate surface area is 145 Å². The van der Waals surface area contributed by atoms with Gasteiger partial charge in [-0.05, 0) is 48.5 Å². The van der Waals surface area contributed by atoms with E-state index in [1.54, 1.807) is 0 Å². The molecule has 0 aliphatic heterocycles. The van der Waals surface area contributed by atoms with Gasteiger partial charge in [0.1, 0.15) is 5.69 Å². The van der Waals surface area contributed by atoms with Crippen molar-refractivity contribution in [2.45, 2.75) is 0 Å². The van der Waals surface area contributed by atoms with Crippen LogP contribution in [-0.4, -0.2) is 10.9 Å². The Balaban J connectivity index is 1.46. The van der Waals surface area contributed by atoms with Crippen LogP contribution in [0.25, 0.3) is 10.9 Å². The van der Waals surface area contributed by atoms with Gasteiger partial charge in [-0.25, -0.2) is 0 Å². The highest BCUT2D eigenvalue weighted by Crippen LogP contribution is 2.20. The predicted octanol–water partition coefficient (Wildman–Crippen LogP) is 5.16. The predicted molar refractivity (Wildman–Crippen MR) is 102 cm³/mol. The van der Waals surface area contributed by atoms with E-state index in [4.69, 9.17) is 0 Å². The van der Waals surface area contributed by atoms with E-state index in [0.717, 1.165) is 28.0 Å². The molecule has 122 valence electrons. The zero-order valence-corrected chi connectivity index (χ0v) is 13.5. The summed E-state index contributed by atoms with van der Waals surface area (Å²) in [6, 6.07) is 27.3. The average Bonchev–Trinajstić information content (AvgIpc) is 3.09. The van der Waals surface area contributed by atoms with Crippen molar-refractivity contribution in [2.75, 3.05) is 10.6 Å². The monoisotopic (exact) mass is 327 g/mol. The highest BCUT2D eigenvalue weighted by Gasteiger charge is 2.09. The Kier molecular flexibility index (Phi) is 3.92. The molecule has 4 rings (SSSR count). The molecule has 0 fully saturated rings. The number of carbonyl (C=O) groups is 1. The van der Waals surface area contributed by atoms with Crippen LogP contribution in [0, 0.1) is 0 Å². The van der Waals surface area contributed by atoms with Gasteiger partial charge in [-0.1, -0.05) is 36.4 Å². The Morgan fingerprint density at radius 2 is 1.36 bits per heavy atom. The van der Waals surface area contributed by atoms with Gasteiger partial charge in [-0.15, -0.1) is 0 Å². The maximum Gasteiger partial charge on any atom is 0.272 e. The molecule has 0 saturated carbocycles. The fourth-order valence-corrected chi connectivity index (χ4v) is 2.72. The molecule has 0 spiro atoms. The zero-order chi connectivity index (χ0) is 17.1. The van der Waals surface area contributed by atoms with Crippen molar-refractivity contribution in [2.24, 2.45) is 0 Å². The number of aromatic nitrogens is 1. The number of hydrogen-bond acceptors (Lipinski definition) is 2. The topological polar surface area (TPSA) is 56.9 Å².